The van der Waals surface area contributed by atoms with Crippen LogP contribution in [0.5, 0.6) is 0 Å². The van der Waals surface area contributed by atoms with Crippen molar-refractivity contribution in [2.45, 2.75) is 13.3 Å². The molecule has 0 fully saturated rings. The number of aryl methyl sites for hydroxylation is 1. The average Bonchev–Trinajstić information content (AvgIpc) is 2.57. The van der Waals surface area contributed by atoms with Crippen molar-refractivity contribution in [3.63, 3.8) is 0 Å². The van der Waals surface area contributed by atoms with Gasteiger partial charge in [0, 0.05) is 10.9 Å². The van der Waals surface area contributed by atoms with E-state index in [2.05, 4.69) is 11.8 Å². The summed E-state index contributed by atoms with van der Waals surface area (Å²) in [5.74, 6) is 3.53. The summed E-state index contributed by atoms with van der Waals surface area (Å²) < 4.78 is 40.7. The average molecular weight is 310 g/mol. The van der Waals surface area contributed by atoms with Gasteiger partial charge in [0.15, 0.2) is 11.6 Å². The molecule has 3 rings (SSSR count). The van der Waals surface area contributed by atoms with Crippen molar-refractivity contribution in [1.82, 2.24) is 0 Å². The fourth-order valence-corrected chi connectivity index (χ4v) is 2.36. The third-order valence-electron chi connectivity index (χ3n) is 3.69. The Hall–Kier alpha value is -2.73. The summed E-state index contributed by atoms with van der Waals surface area (Å²) in [6.07, 6.45) is 0.761. The molecule has 0 heterocycles. The first kappa shape index (κ1) is 15.2. The number of halogens is 3. The van der Waals surface area contributed by atoms with Crippen LogP contribution in [0.1, 0.15) is 23.6 Å². The Morgan fingerprint density at radius 3 is 2.39 bits per heavy atom. The van der Waals surface area contributed by atoms with E-state index in [4.69, 9.17) is 0 Å². The zero-order valence-corrected chi connectivity index (χ0v) is 12.5. The van der Waals surface area contributed by atoms with Gasteiger partial charge in [0.1, 0.15) is 5.82 Å². The Bertz CT molecular complexity index is 946. The molecule has 0 aliphatic carbocycles. The lowest BCUT2D eigenvalue weighted by atomic mass is 10.1. The Balaban J connectivity index is 1.98. The summed E-state index contributed by atoms with van der Waals surface area (Å²) in [6, 6.07) is 12.3. The minimum absolute atomic E-state index is 0.203. The molecule has 3 aromatic rings. The maximum absolute atomic E-state index is 13.9. The van der Waals surface area contributed by atoms with Crippen molar-refractivity contribution >= 4 is 10.8 Å². The largest absolute Gasteiger partial charge is 0.206 e. The van der Waals surface area contributed by atoms with Crippen LogP contribution in [0, 0.1) is 29.3 Å². The molecule has 0 aliphatic rings. The molecule has 0 amide bonds. The SMILES string of the molecule is CCc1ccc(C#Cc2ccc3c(F)c(F)ccc3c2)c(F)c1. The highest BCUT2D eigenvalue weighted by Crippen LogP contribution is 2.21. The Kier molecular flexibility index (Phi) is 4.08. The lowest BCUT2D eigenvalue weighted by Crippen LogP contribution is -1.88. The second-order valence-electron chi connectivity index (χ2n) is 5.22. The first-order valence-electron chi connectivity index (χ1n) is 7.26. The molecular formula is C20H13F3. The molecule has 0 atom stereocenters. The third-order valence-corrected chi connectivity index (χ3v) is 3.69. The van der Waals surface area contributed by atoms with E-state index in [1.54, 1.807) is 18.2 Å². The molecule has 0 saturated carbocycles. The van der Waals surface area contributed by atoms with Crippen molar-refractivity contribution in [1.29, 1.82) is 0 Å². The molecule has 0 bridgehead atoms. The van der Waals surface area contributed by atoms with Crippen LogP contribution in [-0.4, -0.2) is 0 Å². The van der Waals surface area contributed by atoms with E-state index in [-0.39, 0.29) is 11.2 Å². The van der Waals surface area contributed by atoms with E-state index in [1.807, 2.05) is 13.0 Å². The monoisotopic (exact) mass is 310 g/mol. The molecule has 3 heteroatoms. The maximum Gasteiger partial charge on any atom is 0.166 e. The predicted octanol–water partition coefficient (Wildman–Crippen LogP) is 5.22. The summed E-state index contributed by atoms with van der Waals surface area (Å²) >= 11 is 0. The first-order chi connectivity index (χ1) is 11.1. The van der Waals surface area contributed by atoms with Gasteiger partial charge in [-0.25, -0.2) is 13.2 Å². The summed E-state index contributed by atoms with van der Waals surface area (Å²) in [6.45, 7) is 1.96. The molecule has 114 valence electrons. The van der Waals surface area contributed by atoms with E-state index in [0.29, 0.717) is 16.5 Å². The molecule has 0 saturated heterocycles. The van der Waals surface area contributed by atoms with Crippen LogP contribution in [0.2, 0.25) is 0 Å². The zero-order valence-electron chi connectivity index (χ0n) is 12.5. The van der Waals surface area contributed by atoms with Crippen molar-refractivity contribution in [2.75, 3.05) is 0 Å². The number of fused-ring (bicyclic) bond motifs is 1. The van der Waals surface area contributed by atoms with Crippen molar-refractivity contribution in [2.24, 2.45) is 0 Å². The fraction of sp³-hybridized carbons (Fsp3) is 0.100. The smallest absolute Gasteiger partial charge is 0.166 e. The molecule has 0 unspecified atom stereocenters. The highest BCUT2D eigenvalue weighted by molar-refractivity contribution is 5.84. The summed E-state index contributed by atoms with van der Waals surface area (Å²) in [4.78, 5) is 0. The lowest BCUT2D eigenvalue weighted by molar-refractivity contribution is 0.517. The van der Waals surface area contributed by atoms with Gasteiger partial charge in [-0.1, -0.05) is 37.0 Å². The molecule has 0 spiro atoms. The predicted molar refractivity (Wildman–Crippen MR) is 85.6 cm³/mol. The van der Waals surface area contributed by atoms with Gasteiger partial charge in [0.25, 0.3) is 0 Å². The van der Waals surface area contributed by atoms with Crippen LogP contribution in [-0.2, 0) is 6.42 Å². The molecular weight excluding hydrogens is 297 g/mol. The van der Waals surface area contributed by atoms with Crippen LogP contribution in [0.15, 0.2) is 48.5 Å². The van der Waals surface area contributed by atoms with Gasteiger partial charge in [0.2, 0.25) is 0 Å². The van der Waals surface area contributed by atoms with Crippen molar-refractivity contribution in [3.8, 4) is 11.8 Å². The molecule has 0 aromatic heterocycles. The van der Waals surface area contributed by atoms with Gasteiger partial charge in [-0.05, 0) is 47.7 Å². The quantitative estimate of drug-likeness (QED) is 0.541. The molecule has 0 N–H and O–H groups in total. The number of benzene rings is 3. The number of hydrogen-bond donors (Lipinski definition) is 0. The normalized spacial score (nSPS) is 10.4. The summed E-state index contributed by atoms with van der Waals surface area (Å²) in [7, 11) is 0. The highest BCUT2D eigenvalue weighted by atomic mass is 19.2. The number of hydrogen-bond acceptors (Lipinski definition) is 0. The van der Waals surface area contributed by atoms with E-state index in [1.165, 1.54) is 18.2 Å². The number of rotatable bonds is 1. The second-order valence-corrected chi connectivity index (χ2v) is 5.22. The molecule has 23 heavy (non-hydrogen) atoms. The molecule has 0 radical (unpaired) electrons. The third kappa shape index (κ3) is 3.07. The Morgan fingerprint density at radius 2 is 1.65 bits per heavy atom. The maximum atomic E-state index is 13.9. The summed E-state index contributed by atoms with van der Waals surface area (Å²) in [5.41, 5.74) is 1.84. The van der Waals surface area contributed by atoms with Gasteiger partial charge in [-0.15, -0.1) is 0 Å². The van der Waals surface area contributed by atoms with Gasteiger partial charge < -0.3 is 0 Å². The lowest BCUT2D eigenvalue weighted by Gasteiger charge is -2.01. The molecule has 3 aromatic carbocycles. The van der Waals surface area contributed by atoms with Gasteiger partial charge in [-0.2, -0.15) is 0 Å². The van der Waals surface area contributed by atoms with Crippen LogP contribution in [0.25, 0.3) is 10.8 Å². The van der Waals surface area contributed by atoms with Crippen molar-refractivity contribution in [3.05, 3.63) is 82.7 Å². The topological polar surface area (TPSA) is 0 Å². The Morgan fingerprint density at radius 1 is 0.826 bits per heavy atom. The van der Waals surface area contributed by atoms with Crippen molar-refractivity contribution < 1.29 is 13.2 Å². The van der Waals surface area contributed by atoms with Crippen LogP contribution >= 0.6 is 0 Å². The van der Waals surface area contributed by atoms with Gasteiger partial charge in [-0.3, -0.25) is 0 Å². The highest BCUT2D eigenvalue weighted by Gasteiger charge is 2.06. The van der Waals surface area contributed by atoms with E-state index < -0.39 is 11.6 Å². The van der Waals surface area contributed by atoms with Crippen LogP contribution in [0.3, 0.4) is 0 Å². The second kappa shape index (κ2) is 6.18. The van der Waals surface area contributed by atoms with E-state index in [9.17, 15) is 13.2 Å². The van der Waals surface area contributed by atoms with Gasteiger partial charge in [0.05, 0.1) is 5.56 Å². The van der Waals surface area contributed by atoms with Crippen LogP contribution < -0.4 is 0 Å². The Labute approximate surface area is 132 Å². The molecule has 0 nitrogen and oxygen atoms in total. The zero-order chi connectivity index (χ0) is 16.4. The van der Waals surface area contributed by atoms with E-state index in [0.717, 1.165) is 18.1 Å². The van der Waals surface area contributed by atoms with Gasteiger partial charge >= 0.3 is 0 Å². The first-order valence-corrected chi connectivity index (χ1v) is 7.26. The van der Waals surface area contributed by atoms with E-state index >= 15 is 0 Å². The minimum atomic E-state index is -0.880. The standard InChI is InChI=1S/C20H13F3/c1-2-13-3-6-15(19(22)12-13)7-4-14-5-9-17-16(11-14)8-10-18(21)20(17)23/h3,5-6,8-12H,2H2,1H3. The minimum Gasteiger partial charge on any atom is -0.206 e. The van der Waals surface area contributed by atoms with Crippen LogP contribution in [0.4, 0.5) is 13.2 Å². The fourth-order valence-electron chi connectivity index (χ4n) is 2.36. The summed E-state index contributed by atoms with van der Waals surface area (Å²) in [5, 5.41) is 0.756. The molecule has 0 aliphatic heterocycles.